The summed E-state index contributed by atoms with van der Waals surface area (Å²) in [5, 5.41) is 5.47. The summed E-state index contributed by atoms with van der Waals surface area (Å²) in [5.41, 5.74) is 1.27. The van der Waals surface area contributed by atoms with Crippen LogP contribution in [-0.2, 0) is 6.42 Å². The van der Waals surface area contributed by atoms with E-state index < -0.39 is 23.2 Å². The number of aromatic nitrogens is 2. The van der Waals surface area contributed by atoms with E-state index in [1.54, 1.807) is 24.3 Å². The number of benzene rings is 2. The van der Waals surface area contributed by atoms with Gasteiger partial charge >= 0.3 is 0 Å². The first kappa shape index (κ1) is 21.9. The van der Waals surface area contributed by atoms with Crippen LogP contribution in [0.3, 0.4) is 0 Å². The highest BCUT2D eigenvalue weighted by atomic mass is 19.1. The zero-order valence-electron chi connectivity index (χ0n) is 17.5. The number of rotatable bonds is 6. The summed E-state index contributed by atoms with van der Waals surface area (Å²) in [4.78, 5) is 43.9. The van der Waals surface area contributed by atoms with Gasteiger partial charge in [0.1, 0.15) is 11.5 Å². The molecule has 2 aromatic carbocycles. The quantitative estimate of drug-likeness (QED) is 0.526. The summed E-state index contributed by atoms with van der Waals surface area (Å²) in [6.45, 7) is 5.51. The van der Waals surface area contributed by atoms with Gasteiger partial charge in [-0.3, -0.25) is 14.4 Å². The van der Waals surface area contributed by atoms with Crippen molar-refractivity contribution in [3.8, 4) is 0 Å². The topological polar surface area (TPSA) is 104 Å². The van der Waals surface area contributed by atoms with Crippen molar-refractivity contribution in [3.05, 3.63) is 83.2 Å². The molecule has 0 aliphatic rings. The lowest BCUT2D eigenvalue weighted by Crippen LogP contribution is -2.41. The van der Waals surface area contributed by atoms with E-state index in [4.69, 9.17) is 0 Å². The number of nitrogens with one attached hydrogen (secondary N) is 3. The number of carbonyl (C=O) groups is 3. The lowest BCUT2D eigenvalue weighted by molar-refractivity contribution is 0.0904. The van der Waals surface area contributed by atoms with Gasteiger partial charge in [-0.2, -0.15) is 0 Å². The summed E-state index contributed by atoms with van der Waals surface area (Å²) in [6.07, 6.45) is 1.44. The molecule has 3 rings (SSSR count). The molecule has 0 saturated heterocycles. The first-order valence-electron chi connectivity index (χ1n) is 9.67. The molecule has 2 amide bonds. The molecule has 0 aliphatic carbocycles. The number of aromatic amines is 1. The summed E-state index contributed by atoms with van der Waals surface area (Å²) >= 11 is 0. The fourth-order valence-corrected chi connectivity index (χ4v) is 2.86. The Morgan fingerprint density at radius 2 is 1.61 bits per heavy atom. The highest BCUT2D eigenvalue weighted by molar-refractivity contribution is 6.10. The molecule has 0 atom stereocenters. The second-order valence-electron chi connectivity index (χ2n) is 8.09. The van der Waals surface area contributed by atoms with Crippen molar-refractivity contribution in [2.24, 2.45) is 0 Å². The average Bonchev–Trinajstić information content (AvgIpc) is 3.19. The molecule has 31 heavy (non-hydrogen) atoms. The third kappa shape index (κ3) is 5.85. The monoisotopic (exact) mass is 422 g/mol. The van der Waals surface area contributed by atoms with E-state index in [0.717, 1.165) is 5.56 Å². The summed E-state index contributed by atoms with van der Waals surface area (Å²) in [5.74, 6) is -1.49. The Hall–Kier alpha value is -3.81. The number of hydrogen-bond acceptors (Lipinski definition) is 4. The fraction of sp³-hybridized carbons (Fsp3) is 0.217. The van der Waals surface area contributed by atoms with E-state index >= 15 is 0 Å². The van der Waals surface area contributed by atoms with Crippen molar-refractivity contribution in [2.45, 2.75) is 32.7 Å². The molecule has 0 unspecified atom stereocenters. The molecular weight excluding hydrogens is 399 g/mol. The molecule has 0 bridgehead atoms. The Labute approximate surface area is 179 Å². The van der Waals surface area contributed by atoms with Gasteiger partial charge in [0, 0.05) is 23.2 Å². The second-order valence-corrected chi connectivity index (χ2v) is 8.09. The second kappa shape index (κ2) is 8.91. The predicted octanol–water partition coefficient (Wildman–Crippen LogP) is 3.75. The smallest absolute Gasteiger partial charge is 0.276 e. The first-order valence-corrected chi connectivity index (χ1v) is 9.67. The van der Waals surface area contributed by atoms with Gasteiger partial charge < -0.3 is 15.6 Å². The molecular formula is C23H23FN4O3. The molecule has 0 spiro atoms. The number of anilines is 1. The zero-order chi connectivity index (χ0) is 22.6. The van der Waals surface area contributed by atoms with Crippen LogP contribution in [0.2, 0.25) is 0 Å². The Morgan fingerprint density at radius 3 is 2.23 bits per heavy atom. The van der Waals surface area contributed by atoms with E-state index in [0.29, 0.717) is 11.3 Å². The third-order valence-corrected chi connectivity index (χ3v) is 4.31. The van der Waals surface area contributed by atoms with Gasteiger partial charge in [-0.1, -0.05) is 12.1 Å². The van der Waals surface area contributed by atoms with Crippen molar-refractivity contribution in [2.75, 3.05) is 5.32 Å². The molecule has 0 fully saturated rings. The normalized spacial score (nSPS) is 11.1. The minimum absolute atomic E-state index is 0.0164. The highest BCUT2D eigenvalue weighted by Crippen LogP contribution is 2.15. The molecule has 0 radical (unpaired) electrons. The number of ketones is 1. The van der Waals surface area contributed by atoms with Gasteiger partial charge in [0.05, 0.1) is 6.33 Å². The Balaban J connectivity index is 1.64. The van der Waals surface area contributed by atoms with Gasteiger partial charge in [-0.25, -0.2) is 9.37 Å². The molecule has 3 N–H and O–H groups in total. The molecule has 0 aliphatic heterocycles. The van der Waals surface area contributed by atoms with Crippen LogP contribution in [0, 0.1) is 5.82 Å². The lowest BCUT2D eigenvalue weighted by Gasteiger charge is -2.20. The Morgan fingerprint density at radius 1 is 0.968 bits per heavy atom. The molecule has 7 nitrogen and oxygen atoms in total. The number of imidazole rings is 1. The van der Waals surface area contributed by atoms with Crippen LogP contribution < -0.4 is 10.6 Å². The number of carbonyl (C=O) groups excluding carboxylic acids is 3. The van der Waals surface area contributed by atoms with Gasteiger partial charge in [-0.05, 0) is 62.7 Å². The maximum atomic E-state index is 13.0. The van der Waals surface area contributed by atoms with Crippen molar-refractivity contribution in [1.29, 1.82) is 0 Å². The lowest BCUT2D eigenvalue weighted by atomic mass is 10.0. The third-order valence-electron chi connectivity index (χ3n) is 4.31. The summed E-state index contributed by atoms with van der Waals surface area (Å²) in [6, 6.07) is 12.1. The van der Waals surface area contributed by atoms with E-state index in [9.17, 15) is 18.8 Å². The molecule has 1 aromatic heterocycles. The van der Waals surface area contributed by atoms with E-state index in [1.165, 1.54) is 30.6 Å². The van der Waals surface area contributed by atoms with Crippen LogP contribution in [0.1, 0.15) is 57.7 Å². The van der Waals surface area contributed by atoms with Crippen LogP contribution in [-0.4, -0.2) is 33.1 Å². The highest BCUT2D eigenvalue weighted by Gasteiger charge is 2.23. The SMILES string of the molecule is CC(C)(C)NC(=O)c1[nH]cnc1C(=O)Nc1ccc(CC(=O)c2ccc(F)cc2)cc1. The van der Waals surface area contributed by atoms with E-state index in [2.05, 4.69) is 20.6 Å². The van der Waals surface area contributed by atoms with Crippen LogP contribution in [0.15, 0.2) is 54.9 Å². The number of amides is 2. The predicted molar refractivity (Wildman–Crippen MR) is 115 cm³/mol. The van der Waals surface area contributed by atoms with E-state index in [-0.39, 0.29) is 23.6 Å². The Kier molecular flexibility index (Phi) is 6.29. The zero-order valence-corrected chi connectivity index (χ0v) is 17.5. The van der Waals surface area contributed by atoms with Crippen LogP contribution in [0.25, 0.3) is 0 Å². The first-order chi connectivity index (χ1) is 14.6. The molecule has 1 heterocycles. The molecule has 160 valence electrons. The van der Waals surface area contributed by atoms with Crippen LogP contribution in [0.5, 0.6) is 0 Å². The number of Topliss-reactive ketones (excluding diaryl/α,β-unsaturated/α-hetero) is 1. The maximum Gasteiger partial charge on any atom is 0.276 e. The molecule has 8 heteroatoms. The number of hydrogen-bond donors (Lipinski definition) is 3. The van der Waals surface area contributed by atoms with Gasteiger partial charge in [-0.15, -0.1) is 0 Å². The van der Waals surface area contributed by atoms with Crippen LogP contribution >= 0.6 is 0 Å². The minimum Gasteiger partial charge on any atom is -0.346 e. The van der Waals surface area contributed by atoms with Crippen molar-refractivity contribution >= 4 is 23.3 Å². The van der Waals surface area contributed by atoms with Crippen molar-refractivity contribution in [3.63, 3.8) is 0 Å². The summed E-state index contributed by atoms with van der Waals surface area (Å²) < 4.78 is 13.0. The van der Waals surface area contributed by atoms with E-state index in [1.807, 2.05) is 20.8 Å². The number of nitrogens with zero attached hydrogens (tertiary/aromatic N) is 1. The summed E-state index contributed by atoms with van der Waals surface area (Å²) in [7, 11) is 0. The molecule has 3 aromatic rings. The van der Waals surface area contributed by atoms with Crippen LogP contribution in [0.4, 0.5) is 10.1 Å². The van der Waals surface area contributed by atoms with Gasteiger partial charge in [0.2, 0.25) is 0 Å². The molecule has 0 saturated carbocycles. The number of halogens is 1. The average molecular weight is 422 g/mol. The number of H-pyrrole nitrogens is 1. The minimum atomic E-state index is -0.532. The van der Waals surface area contributed by atoms with Crippen molar-refractivity contribution < 1.29 is 18.8 Å². The maximum absolute atomic E-state index is 13.0. The van der Waals surface area contributed by atoms with Crippen molar-refractivity contribution in [1.82, 2.24) is 15.3 Å². The standard InChI is InChI=1S/C23H23FN4O3/c1-23(2,3)28-22(31)20-19(25-13-26-20)21(30)27-17-10-4-14(5-11-17)12-18(29)15-6-8-16(24)9-7-15/h4-11,13H,12H2,1-3H3,(H,25,26)(H,27,30)(H,28,31). The largest absolute Gasteiger partial charge is 0.346 e. The fourth-order valence-electron chi connectivity index (χ4n) is 2.86. The van der Waals surface area contributed by atoms with Gasteiger partial charge in [0.15, 0.2) is 11.5 Å². The van der Waals surface area contributed by atoms with Gasteiger partial charge in [0.25, 0.3) is 11.8 Å². The Bertz CT molecular complexity index is 1100.